The Morgan fingerprint density at radius 1 is 1.44 bits per heavy atom. The van der Waals surface area contributed by atoms with Gasteiger partial charge in [0, 0.05) is 38.4 Å². The minimum Gasteiger partial charge on any atom is -0.334 e. The zero-order valence-electron chi connectivity index (χ0n) is 10.9. The number of carbonyl (C=O) groups excluding carboxylic acids is 1. The lowest BCUT2D eigenvalue weighted by Crippen LogP contribution is -2.52. The highest BCUT2D eigenvalue weighted by molar-refractivity contribution is 5.92. The summed E-state index contributed by atoms with van der Waals surface area (Å²) >= 11 is 0. The number of amides is 1. The second kappa shape index (κ2) is 4.72. The van der Waals surface area contributed by atoms with E-state index in [0.29, 0.717) is 6.04 Å². The minimum atomic E-state index is 0.140. The monoisotopic (exact) mass is 248 g/mol. The van der Waals surface area contributed by atoms with Gasteiger partial charge in [0.2, 0.25) is 0 Å². The smallest absolute Gasteiger partial charge is 0.272 e. The Balaban J connectivity index is 1.73. The Bertz CT molecular complexity index is 442. The van der Waals surface area contributed by atoms with Crippen molar-refractivity contribution in [3.05, 3.63) is 18.0 Å². The molecule has 5 nitrogen and oxygen atoms in total. The van der Waals surface area contributed by atoms with Crippen LogP contribution >= 0.6 is 0 Å². The zero-order valence-corrected chi connectivity index (χ0v) is 10.9. The lowest BCUT2D eigenvalue weighted by atomic mass is 10.1. The average Bonchev–Trinajstić information content (AvgIpc) is 3.05. The number of aryl methyl sites for hydroxylation is 1. The molecule has 0 radical (unpaired) electrons. The fourth-order valence-electron chi connectivity index (χ4n) is 3.10. The molecule has 0 saturated carbocycles. The zero-order chi connectivity index (χ0) is 12.5. The van der Waals surface area contributed by atoms with Gasteiger partial charge in [-0.05, 0) is 32.4 Å². The maximum absolute atomic E-state index is 12.5. The van der Waals surface area contributed by atoms with Gasteiger partial charge < -0.3 is 4.90 Å². The van der Waals surface area contributed by atoms with Crippen molar-refractivity contribution < 1.29 is 4.79 Å². The molecular formula is C13H20N4O. The molecule has 2 aliphatic rings. The first-order valence-corrected chi connectivity index (χ1v) is 6.84. The van der Waals surface area contributed by atoms with Crippen molar-refractivity contribution in [2.24, 2.45) is 0 Å². The van der Waals surface area contributed by atoms with Crippen molar-refractivity contribution >= 4 is 5.91 Å². The molecule has 5 heteroatoms. The van der Waals surface area contributed by atoms with E-state index in [4.69, 9.17) is 0 Å². The van der Waals surface area contributed by atoms with Crippen molar-refractivity contribution in [3.8, 4) is 0 Å². The Morgan fingerprint density at radius 2 is 2.33 bits per heavy atom. The lowest BCUT2D eigenvalue weighted by Gasteiger charge is -2.37. The molecule has 2 saturated heterocycles. The van der Waals surface area contributed by atoms with Crippen LogP contribution in [0.1, 0.15) is 30.3 Å². The van der Waals surface area contributed by atoms with Gasteiger partial charge in [0.15, 0.2) is 0 Å². The van der Waals surface area contributed by atoms with Gasteiger partial charge in [-0.1, -0.05) is 0 Å². The number of fused-ring (bicyclic) bond motifs is 1. The van der Waals surface area contributed by atoms with E-state index in [1.54, 1.807) is 10.9 Å². The quantitative estimate of drug-likeness (QED) is 0.778. The summed E-state index contributed by atoms with van der Waals surface area (Å²) in [6.07, 6.45) is 4.22. The second-order valence-electron chi connectivity index (χ2n) is 5.12. The van der Waals surface area contributed by atoms with Crippen LogP contribution in [-0.2, 0) is 6.54 Å². The SMILES string of the molecule is CCn1nccc1C(=O)N1CCN2CCCC2C1. The fraction of sp³-hybridized carbons (Fsp3) is 0.692. The number of hydrogen-bond acceptors (Lipinski definition) is 3. The van der Waals surface area contributed by atoms with Crippen LogP contribution < -0.4 is 0 Å². The molecule has 1 aromatic rings. The van der Waals surface area contributed by atoms with Gasteiger partial charge in [0.25, 0.3) is 5.91 Å². The highest BCUT2D eigenvalue weighted by atomic mass is 16.2. The van der Waals surface area contributed by atoms with Crippen molar-refractivity contribution in [1.82, 2.24) is 19.6 Å². The summed E-state index contributed by atoms with van der Waals surface area (Å²) < 4.78 is 1.78. The number of aromatic nitrogens is 2. The molecule has 3 heterocycles. The minimum absolute atomic E-state index is 0.140. The molecular weight excluding hydrogens is 228 g/mol. The molecule has 1 amide bonds. The summed E-state index contributed by atoms with van der Waals surface area (Å²) in [6.45, 7) is 6.73. The van der Waals surface area contributed by atoms with Crippen molar-refractivity contribution in [1.29, 1.82) is 0 Å². The first-order valence-electron chi connectivity index (χ1n) is 6.84. The standard InChI is InChI=1S/C13H20N4O/c1-2-17-12(5-6-14-17)13(18)16-9-8-15-7-3-4-11(15)10-16/h5-6,11H,2-4,7-10H2,1H3. The average molecular weight is 248 g/mol. The molecule has 0 bridgehead atoms. The molecule has 0 aliphatic carbocycles. The molecule has 1 aromatic heterocycles. The van der Waals surface area contributed by atoms with Crippen LogP contribution in [0.15, 0.2) is 12.3 Å². The van der Waals surface area contributed by atoms with Crippen LogP contribution in [0.3, 0.4) is 0 Å². The molecule has 2 aliphatic heterocycles. The first-order chi connectivity index (χ1) is 8.79. The first kappa shape index (κ1) is 11.7. The second-order valence-corrected chi connectivity index (χ2v) is 5.12. The summed E-state index contributed by atoms with van der Waals surface area (Å²) in [5.74, 6) is 0.140. The van der Waals surface area contributed by atoms with Gasteiger partial charge in [-0.15, -0.1) is 0 Å². The Kier molecular flexibility index (Phi) is 3.07. The van der Waals surface area contributed by atoms with E-state index in [1.165, 1.54) is 19.4 Å². The summed E-state index contributed by atoms with van der Waals surface area (Å²) in [5.41, 5.74) is 0.726. The highest BCUT2D eigenvalue weighted by Gasteiger charge is 2.33. The third-order valence-corrected chi connectivity index (χ3v) is 4.11. The van der Waals surface area contributed by atoms with E-state index < -0.39 is 0 Å². The van der Waals surface area contributed by atoms with Crippen LogP contribution in [0.25, 0.3) is 0 Å². The number of piperazine rings is 1. The Morgan fingerprint density at radius 3 is 3.17 bits per heavy atom. The number of rotatable bonds is 2. The molecule has 0 N–H and O–H groups in total. The molecule has 1 unspecified atom stereocenters. The summed E-state index contributed by atoms with van der Waals surface area (Å²) in [6, 6.07) is 2.41. The molecule has 98 valence electrons. The maximum Gasteiger partial charge on any atom is 0.272 e. The molecule has 3 rings (SSSR count). The number of nitrogens with zero attached hydrogens (tertiary/aromatic N) is 4. The van der Waals surface area contributed by atoms with E-state index in [1.807, 2.05) is 17.9 Å². The van der Waals surface area contributed by atoms with Crippen LogP contribution in [0.5, 0.6) is 0 Å². The van der Waals surface area contributed by atoms with Gasteiger partial charge in [0.1, 0.15) is 5.69 Å². The fourth-order valence-corrected chi connectivity index (χ4v) is 3.10. The third-order valence-electron chi connectivity index (χ3n) is 4.11. The van der Waals surface area contributed by atoms with Crippen molar-refractivity contribution in [2.75, 3.05) is 26.2 Å². The van der Waals surface area contributed by atoms with E-state index >= 15 is 0 Å². The number of hydrogen-bond donors (Lipinski definition) is 0. The Hall–Kier alpha value is -1.36. The van der Waals surface area contributed by atoms with Crippen LogP contribution in [0.4, 0.5) is 0 Å². The van der Waals surface area contributed by atoms with E-state index in [0.717, 1.165) is 31.9 Å². The van der Waals surface area contributed by atoms with Crippen LogP contribution in [-0.4, -0.2) is 57.7 Å². The predicted octanol–water partition coefficient (Wildman–Crippen LogP) is 0.823. The van der Waals surface area contributed by atoms with Gasteiger partial charge in [0.05, 0.1) is 0 Å². The molecule has 0 spiro atoms. The highest BCUT2D eigenvalue weighted by Crippen LogP contribution is 2.22. The summed E-state index contributed by atoms with van der Waals surface area (Å²) in [7, 11) is 0. The van der Waals surface area contributed by atoms with E-state index in [-0.39, 0.29) is 5.91 Å². The Labute approximate surface area is 107 Å². The third kappa shape index (κ3) is 1.92. The van der Waals surface area contributed by atoms with Gasteiger partial charge >= 0.3 is 0 Å². The topological polar surface area (TPSA) is 41.4 Å². The lowest BCUT2D eigenvalue weighted by molar-refractivity contribution is 0.0559. The van der Waals surface area contributed by atoms with Crippen molar-refractivity contribution in [2.45, 2.75) is 32.4 Å². The van der Waals surface area contributed by atoms with Crippen LogP contribution in [0, 0.1) is 0 Å². The van der Waals surface area contributed by atoms with Gasteiger partial charge in [-0.2, -0.15) is 5.10 Å². The largest absolute Gasteiger partial charge is 0.334 e. The van der Waals surface area contributed by atoms with Crippen molar-refractivity contribution in [3.63, 3.8) is 0 Å². The molecule has 18 heavy (non-hydrogen) atoms. The predicted molar refractivity (Wildman–Crippen MR) is 68.4 cm³/mol. The van der Waals surface area contributed by atoms with E-state index in [9.17, 15) is 4.79 Å². The van der Waals surface area contributed by atoms with Gasteiger partial charge in [-0.25, -0.2) is 0 Å². The molecule has 1 atom stereocenters. The number of carbonyl (C=O) groups is 1. The normalized spacial score (nSPS) is 24.3. The van der Waals surface area contributed by atoms with E-state index in [2.05, 4.69) is 10.00 Å². The van der Waals surface area contributed by atoms with Crippen LogP contribution in [0.2, 0.25) is 0 Å². The summed E-state index contributed by atoms with van der Waals surface area (Å²) in [5, 5.41) is 4.18. The molecule has 0 aromatic carbocycles. The molecule has 2 fully saturated rings. The van der Waals surface area contributed by atoms with Gasteiger partial charge in [-0.3, -0.25) is 14.4 Å². The summed E-state index contributed by atoms with van der Waals surface area (Å²) in [4.78, 5) is 17.0. The maximum atomic E-state index is 12.5.